The van der Waals surface area contributed by atoms with E-state index in [2.05, 4.69) is 35.6 Å². The van der Waals surface area contributed by atoms with Crippen LogP contribution in [0.4, 0.5) is 5.95 Å². The SMILES string of the molecule is CCCCCN(c1ncc(CN)cn1)C(C)C. The second-order valence-electron chi connectivity index (χ2n) is 4.59. The lowest BCUT2D eigenvalue weighted by molar-refractivity contribution is 0.612. The fraction of sp³-hybridized carbons (Fsp3) is 0.692. The van der Waals surface area contributed by atoms with E-state index in [9.17, 15) is 0 Å². The van der Waals surface area contributed by atoms with Crippen molar-refractivity contribution in [2.75, 3.05) is 11.4 Å². The van der Waals surface area contributed by atoms with Gasteiger partial charge in [-0.2, -0.15) is 0 Å². The van der Waals surface area contributed by atoms with Crippen LogP contribution in [0.2, 0.25) is 0 Å². The molecule has 0 aliphatic rings. The fourth-order valence-corrected chi connectivity index (χ4v) is 1.72. The molecule has 1 heterocycles. The molecule has 0 spiro atoms. The van der Waals surface area contributed by atoms with Crippen molar-refractivity contribution in [1.82, 2.24) is 9.97 Å². The third kappa shape index (κ3) is 4.30. The third-order valence-corrected chi connectivity index (χ3v) is 2.81. The molecule has 0 radical (unpaired) electrons. The molecule has 0 aromatic carbocycles. The van der Waals surface area contributed by atoms with Crippen molar-refractivity contribution in [2.45, 2.75) is 52.6 Å². The van der Waals surface area contributed by atoms with Crippen LogP contribution < -0.4 is 10.6 Å². The molecule has 4 heteroatoms. The van der Waals surface area contributed by atoms with Crippen LogP contribution in [0.15, 0.2) is 12.4 Å². The van der Waals surface area contributed by atoms with Gasteiger partial charge in [0.25, 0.3) is 0 Å². The average molecular weight is 236 g/mol. The van der Waals surface area contributed by atoms with Gasteiger partial charge in [0, 0.05) is 37.1 Å². The number of hydrogen-bond donors (Lipinski definition) is 1. The summed E-state index contributed by atoms with van der Waals surface area (Å²) in [5.41, 5.74) is 6.52. The lowest BCUT2D eigenvalue weighted by Crippen LogP contribution is -2.33. The number of aromatic nitrogens is 2. The maximum atomic E-state index is 5.54. The summed E-state index contributed by atoms with van der Waals surface area (Å²) in [7, 11) is 0. The topological polar surface area (TPSA) is 55.0 Å². The first-order valence-corrected chi connectivity index (χ1v) is 6.46. The molecule has 0 aliphatic carbocycles. The number of nitrogens with zero attached hydrogens (tertiary/aromatic N) is 3. The highest BCUT2D eigenvalue weighted by Gasteiger charge is 2.12. The molecule has 1 rings (SSSR count). The second-order valence-corrected chi connectivity index (χ2v) is 4.59. The molecule has 0 aliphatic heterocycles. The Kier molecular flexibility index (Phi) is 5.91. The molecular formula is C13H24N4. The Bertz CT molecular complexity index is 308. The molecule has 0 bridgehead atoms. The van der Waals surface area contributed by atoms with Gasteiger partial charge in [-0.3, -0.25) is 0 Å². The summed E-state index contributed by atoms with van der Waals surface area (Å²) in [6, 6.07) is 0.426. The molecular weight excluding hydrogens is 212 g/mol. The van der Waals surface area contributed by atoms with Gasteiger partial charge in [0.05, 0.1) is 0 Å². The predicted octanol–water partition coefficient (Wildman–Crippen LogP) is 2.34. The van der Waals surface area contributed by atoms with E-state index in [0.717, 1.165) is 18.1 Å². The molecule has 4 nitrogen and oxygen atoms in total. The van der Waals surface area contributed by atoms with Gasteiger partial charge in [-0.15, -0.1) is 0 Å². The predicted molar refractivity (Wildman–Crippen MR) is 71.9 cm³/mol. The summed E-state index contributed by atoms with van der Waals surface area (Å²) in [5.74, 6) is 0.813. The van der Waals surface area contributed by atoms with Crippen LogP contribution in [0.25, 0.3) is 0 Å². The molecule has 96 valence electrons. The van der Waals surface area contributed by atoms with E-state index in [1.807, 2.05) is 12.4 Å². The van der Waals surface area contributed by atoms with Crippen molar-refractivity contribution in [2.24, 2.45) is 5.73 Å². The molecule has 0 fully saturated rings. The van der Waals surface area contributed by atoms with Gasteiger partial charge in [0.2, 0.25) is 5.95 Å². The van der Waals surface area contributed by atoms with Crippen LogP contribution in [0.3, 0.4) is 0 Å². The zero-order valence-corrected chi connectivity index (χ0v) is 11.2. The minimum absolute atomic E-state index is 0.426. The van der Waals surface area contributed by atoms with Gasteiger partial charge in [-0.05, 0) is 20.3 Å². The second kappa shape index (κ2) is 7.22. The minimum Gasteiger partial charge on any atom is -0.338 e. The Morgan fingerprint density at radius 1 is 1.24 bits per heavy atom. The van der Waals surface area contributed by atoms with E-state index in [4.69, 9.17) is 5.73 Å². The summed E-state index contributed by atoms with van der Waals surface area (Å²) in [5, 5.41) is 0. The van der Waals surface area contributed by atoms with Crippen molar-refractivity contribution in [3.8, 4) is 0 Å². The highest BCUT2D eigenvalue weighted by atomic mass is 15.3. The molecule has 0 saturated heterocycles. The Labute approximate surface area is 104 Å². The van der Waals surface area contributed by atoms with E-state index in [1.165, 1.54) is 19.3 Å². The number of anilines is 1. The van der Waals surface area contributed by atoms with Gasteiger partial charge in [-0.1, -0.05) is 19.8 Å². The zero-order chi connectivity index (χ0) is 12.7. The zero-order valence-electron chi connectivity index (χ0n) is 11.2. The van der Waals surface area contributed by atoms with Gasteiger partial charge >= 0.3 is 0 Å². The Morgan fingerprint density at radius 3 is 2.35 bits per heavy atom. The number of hydrogen-bond acceptors (Lipinski definition) is 4. The Morgan fingerprint density at radius 2 is 1.88 bits per heavy atom. The molecule has 17 heavy (non-hydrogen) atoms. The molecule has 0 atom stereocenters. The number of nitrogens with two attached hydrogens (primary N) is 1. The maximum absolute atomic E-state index is 5.54. The Hall–Kier alpha value is -1.16. The third-order valence-electron chi connectivity index (χ3n) is 2.81. The van der Waals surface area contributed by atoms with E-state index >= 15 is 0 Å². The summed E-state index contributed by atoms with van der Waals surface area (Å²) in [6.07, 6.45) is 7.31. The van der Waals surface area contributed by atoms with Crippen LogP contribution in [-0.4, -0.2) is 22.6 Å². The first kappa shape index (κ1) is 13.9. The van der Waals surface area contributed by atoms with Gasteiger partial charge in [0.1, 0.15) is 0 Å². The van der Waals surface area contributed by atoms with Crippen molar-refractivity contribution < 1.29 is 0 Å². The highest BCUT2D eigenvalue weighted by molar-refractivity contribution is 5.30. The fourth-order valence-electron chi connectivity index (χ4n) is 1.72. The van der Waals surface area contributed by atoms with Crippen LogP contribution in [0.5, 0.6) is 0 Å². The van der Waals surface area contributed by atoms with E-state index < -0.39 is 0 Å². The quantitative estimate of drug-likeness (QED) is 0.738. The van der Waals surface area contributed by atoms with Gasteiger partial charge < -0.3 is 10.6 Å². The summed E-state index contributed by atoms with van der Waals surface area (Å²) >= 11 is 0. The van der Waals surface area contributed by atoms with E-state index in [1.54, 1.807) is 0 Å². The van der Waals surface area contributed by atoms with Crippen molar-refractivity contribution in [1.29, 1.82) is 0 Å². The average Bonchev–Trinajstić information content (AvgIpc) is 2.34. The smallest absolute Gasteiger partial charge is 0.225 e. The summed E-state index contributed by atoms with van der Waals surface area (Å²) in [6.45, 7) is 8.08. The number of unbranched alkanes of at least 4 members (excludes halogenated alkanes) is 2. The highest BCUT2D eigenvalue weighted by Crippen LogP contribution is 2.12. The lowest BCUT2D eigenvalue weighted by atomic mass is 10.2. The van der Waals surface area contributed by atoms with Gasteiger partial charge in [0.15, 0.2) is 0 Å². The largest absolute Gasteiger partial charge is 0.338 e. The molecule has 1 aromatic heterocycles. The first-order chi connectivity index (χ1) is 8.19. The minimum atomic E-state index is 0.426. The Balaban J connectivity index is 2.68. The molecule has 1 aromatic rings. The van der Waals surface area contributed by atoms with Crippen molar-refractivity contribution in [3.05, 3.63) is 18.0 Å². The molecule has 0 amide bonds. The van der Waals surface area contributed by atoms with Crippen LogP contribution in [0, 0.1) is 0 Å². The molecule has 2 N–H and O–H groups in total. The molecule has 0 unspecified atom stereocenters. The van der Waals surface area contributed by atoms with Crippen molar-refractivity contribution in [3.63, 3.8) is 0 Å². The van der Waals surface area contributed by atoms with E-state index in [-0.39, 0.29) is 0 Å². The maximum Gasteiger partial charge on any atom is 0.225 e. The van der Waals surface area contributed by atoms with Gasteiger partial charge in [-0.25, -0.2) is 9.97 Å². The van der Waals surface area contributed by atoms with Crippen molar-refractivity contribution >= 4 is 5.95 Å². The van der Waals surface area contributed by atoms with E-state index in [0.29, 0.717) is 12.6 Å². The molecule has 0 saturated carbocycles. The lowest BCUT2D eigenvalue weighted by Gasteiger charge is -2.26. The van der Waals surface area contributed by atoms with Crippen LogP contribution in [0.1, 0.15) is 45.6 Å². The first-order valence-electron chi connectivity index (χ1n) is 6.46. The normalized spacial score (nSPS) is 10.9. The summed E-state index contributed by atoms with van der Waals surface area (Å²) < 4.78 is 0. The van der Waals surface area contributed by atoms with Crippen LogP contribution >= 0.6 is 0 Å². The number of rotatable bonds is 7. The standard InChI is InChI=1S/C13H24N4/c1-4-5-6-7-17(11(2)3)13-15-9-12(8-14)10-16-13/h9-11H,4-8,14H2,1-3H3. The monoisotopic (exact) mass is 236 g/mol. The van der Waals surface area contributed by atoms with Crippen LogP contribution in [-0.2, 0) is 6.54 Å². The summed E-state index contributed by atoms with van der Waals surface area (Å²) in [4.78, 5) is 11.0.